The smallest absolute Gasteiger partial charge is 0.00132 e. The summed E-state index contributed by atoms with van der Waals surface area (Å²) in [6, 6.07) is 23.8. The van der Waals surface area contributed by atoms with Gasteiger partial charge in [0.15, 0.2) is 0 Å². The predicted octanol–water partition coefficient (Wildman–Crippen LogP) is 4.94. The second-order valence-corrected chi connectivity index (χ2v) is 5.07. The van der Waals surface area contributed by atoms with Crippen molar-refractivity contribution in [2.45, 2.75) is 6.42 Å². The van der Waals surface area contributed by atoms with Crippen LogP contribution in [0.1, 0.15) is 16.7 Å². The summed E-state index contributed by atoms with van der Waals surface area (Å²) in [6.45, 7) is 0. The molecule has 1 aliphatic carbocycles. The van der Waals surface area contributed by atoms with Gasteiger partial charge in [0.05, 0.1) is 0 Å². The first-order valence-electron chi connectivity index (χ1n) is 6.68. The van der Waals surface area contributed by atoms with Crippen molar-refractivity contribution in [3.8, 4) is 0 Å². The van der Waals surface area contributed by atoms with Crippen molar-refractivity contribution in [3.63, 3.8) is 0 Å². The van der Waals surface area contributed by atoms with Gasteiger partial charge in [0, 0.05) is 0 Å². The van der Waals surface area contributed by atoms with Gasteiger partial charge in [0.2, 0.25) is 0 Å². The van der Waals surface area contributed by atoms with E-state index >= 15 is 0 Å². The fraction of sp³-hybridized carbons (Fsp3) is 0.0526. The average Bonchev–Trinajstić information content (AvgIpc) is 2.49. The number of rotatable bonds is 1. The Morgan fingerprint density at radius 3 is 2.32 bits per heavy atom. The molecule has 0 aliphatic heterocycles. The Kier molecular flexibility index (Phi) is 2.28. The number of allylic oxidation sites excluding steroid dienone is 1. The van der Waals surface area contributed by atoms with E-state index in [2.05, 4.69) is 72.8 Å². The highest BCUT2D eigenvalue weighted by molar-refractivity contribution is 6.01. The largest absolute Gasteiger partial charge is 0.0622 e. The molecule has 0 N–H and O–H groups in total. The molecule has 0 radical (unpaired) electrons. The van der Waals surface area contributed by atoms with Crippen molar-refractivity contribution < 1.29 is 0 Å². The van der Waals surface area contributed by atoms with Crippen molar-refractivity contribution in [2.24, 2.45) is 0 Å². The Morgan fingerprint density at radius 1 is 0.684 bits per heavy atom. The first kappa shape index (κ1) is 10.6. The molecule has 3 aromatic carbocycles. The van der Waals surface area contributed by atoms with E-state index in [0.717, 1.165) is 6.42 Å². The molecule has 0 fully saturated rings. The zero-order valence-electron chi connectivity index (χ0n) is 10.6. The van der Waals surface area contributed by atoms with Crippen LogP contribution in [0.15, 0.2) is 66.7 Å². The molecule has 0 aromatic heterocycles. The third kappa shape index (κ3) is 1.68. The van der Waals surface area contributed by atoms with E-state index < -0.39 is 0 Å². The van der Waals surface area contributed by atoms with E-state index in [0.29, 0.717) is 0 Å². The van der Waals surface area contributed by atoms with Gasteiger partial charge in [-0.05, 0) is 39.5 Å². The number of hydrogen-bond donors (Lipinski definition) is 0. The Morgan fingerprint density at radius 2 is 1.47 bits per heavy atom. The molecule has 0 unspecified atom stereocenters. The summed E-state index contributed by atoms with van der Waals surface area (Å²) in [6.07, 6.45) is 3.36. The molecule has 0 heteroatoms. The molecule has 3 aromatic rings. The summed E-state index contributed by atoms with van der Waals surface area (Å²) < 4.78 is 0. The minimum absolute atomic E-state index is 1.03. The van der Waals surface area contributed by atoms with Crippen LogP contribution in [0.25, 0.3) is 22.4 Å². The summed E-state index contributed by atoms with van der Waals surface area (Å²) >= 11 is 0. The van der Waals surface area contributed by atoms with Crippen LogP contribution < -0.4 is 0 Å². The molecule has 90 valence electrons. The minimum Gasteiger partial charge on any atom is -0.0622 e. The molecule has 0 bridgehead atoms. The first-order valence-corrected chi connectivity index (χ1v) is 6.68. The van der Waals surface area contributed by atoms with Gasteiger partial charge in [-0.25, -0.2) is 0 Å². The van der Waals surface area contributed by atoms with Crippen LogP contribution in [0.3, 0.4) is 0 Å². The van der Waals surface area contributed by atoms with E-state index in [1.807, 2.05) is 0 Å². The summed E-state index contributed by atoms with van der Waals surface area (Å²) in [4.78, 5) is 0. The first-order chi connectivity index (χ1) is 9.42. The quantitative estimate of drug-likeness (QED) is 0.567. The second-order valence-electron chi connectivity index (χ2n) is 5.07. The molecule has 1 aliphatic rings. The maximum absolute atomic E-state index is 2.34. The van der Waals surface area contributed by atoms with Crippen molar-refractivity contribution in [1.82, 2.24) is 0 Å². The van der Waals surface area contributed by atoms with Crippen LogP contribution in [-0.2, 0) is 6.42 Å². The average molecular weight is 242 g/mol. The monoisotopic (exact) mass is 242 g/mol. The van der Waals surface area contributed by atoms with Crippen LogP contribution in [-0.4, -0.2) is 0 Å². The van der Waals surface area contributed by atoms with Gasteiger partial charge in [-0.2, -0.15) is 0 Å². The van der Waals surface area contributed by atoms with Gasteiger partial charge in [0.25, 0.3) is 0 Å². The molecule has 0 saturated carbocycles. The van der Waals surface area contributed by atoms with Crippen molar-refractivity contribution in [2.75, 3.05) is 0 Å². The molecule has 0 saturated heterocycles. The lowest BCUT2D eigenvalue weighted by molar-refractivity contribution is 1.30. The topological polar surface area (TPSA) is 0 Å². The second kappa shape index (κ2) is 4.10. The van der Waals surface area contributed by atoms with Crippen molar-refractivity contribution in [3.05, 3.63) is 83.4 Å². The Labute approximate surface area is 113 Å². The van der Waals surface area contributed by atoms with Gasteiger partial charge in [-0.15, -0.1) is 0 Å². The van der Waals surface area contributed by atoms with E-state index in [1.54, 1.807) is 0 Å². The zero-order valence-corrected chi connectivity index (χ0v) is 10.6. The summed E-state index contributed by atoms with van der Waals surface area (Å²) in [7, 11) is 0. The third-order valence-electron chi connectivity index (χ3n) is 3.88. The summed E-state index contributed by atoms with van der Waals surface area (Å²) in [5.74, 6) is 0. The summed E-state index contributed by atoms with van der Waals surface area (Å²) in [5.41, 5.74) is 5.52. The molecule has 19 heavy (non-hydrogen) atoms. The lowest BCUT2D eigenvalue weighted by Crippen LogP contribution is -1.98. The Bertz CT molecular complexity index is 774. The molecular formula is C19H14. The van der Waals surface area contributed by atoms with E-state index in [-0.39, 0.29) is 0 Å². The molecule has 0 spiro atoms. The molecule has 4 rings (SSSR count). The lowest BCUT2D eigenvalue weighted by Gasteiger charge is -2.18. The maximum atomic E-state index is 2.34. The van der Waals surface area contributed by atoms with E-state index in [9.17, 15) is 0 Å². The van der Waals surface area contributed by atoms with Gasteiger partial charge < -0.3 is 0 Å². The molecule has 0 atom stereocenters. The normalized spacial score (nSPS) is 13.4. The van der Waals surface area contributed by atoms with Crippen molar-refractivity contribution >= 4 is 22.4 Å². The minimum atomic E-state index is 1.03. The fourth-order valence-corrected chi connectivity index (χ4v) is 3.00. The SMILES string of the molecule is C1=C(c2ccccc2)Cc2cccc3cccc1c23. The lowest BCUT2D eigenvalue weighted by atomic mass is 9.86. The predicted molar refractivity (Wildman–Crippen MR) is 82.0 cm³/mol. The van der Waals surface area contributed by atoms with Crippen LogP contribution >= 0.6 is 0 Å². The van der Waals surface area contributed by atoms with Crippen LogP contribution in [0.4, 0.5) is 0 Å². The van der Waals surface area contributed by atoms with Gasteiger partial charge in [-0.1, -0.05) is 72.8 Å². The molecular weight excluding hydrogens is 228 g/mol. The van der Waals surface area contributed by atoms with Crippen LogP contribution in [0.2, 0.25) is 0 Å². The molecule has 0 heterocycles. The summed E-state index contributed by atoms with van der Waals surface area (Å²) in [5, 5.41) is 2.77. The van der Waals surface area contributed by atoms with Crippen molar-refractivity contribution in [1.29, 1.82) is 0 Å². The molecule has 0 nitrogen and oxygen atoms in total. The van der Waals surface area contributed by atoms with Gasteiger partial charge >= 0.3 is 0 Å². The van der Waals surface area contributed by atoms with Gasteiger partial charge in [-0.3, -0.25) is 0 Å². The highest BCUT2D eigenvalue weighted by Gasteiger charge is 2.13. The Hall–Kier alpha value is -2.34. The highest BCUT2D eigenvalue weighted by atomic mass is 14.2. The Balaban J connectivity index is 1.96. The number of benzene rings is 3. The highest BCUT2D eigenvalue weighted by Crippen LogP contribution is 2.34. The van der Waals surface area contributed by atoms with E-state index in [1.165, 1.54) is 33.0 Å². The fourth-order valence-electron chi connectivity index (χ4n) is 3.00. The van der Waals surface area contributed by atoms with E-state index in [4.69, 9.17) is 0 Å². The standard InChI is InChI=1S/C19H14/c1-2-6-14(7-3-1)18-12-16-10-4-8-15-9-5-11-17(13-18)19(15)16/h1-12H,13H2. The maximum Gasteiger partial charge on any atom is -0.00132 e. The van der Waals surface area contributed by atoms with Crippen LogP contribution in [0.5, 0.6) is 0 Å². The number of hydrogen-bond acceptors (Lipinski definition) is 0. The third-order valence-corrected chi connectivity index (χ3v) is 3.88. The molecule has 0 amide bonds. The zero-order chi connectivity index (χ0) is 12.7. The van der Waals surface area contributed by atoms with Gasteiger partial charge in [0.1, 0.15) is 0 Å². The van der Waals surface area contributed by atoms with Crippen LogP contribution in [0, 0.1) is 0 Å².